The second-order valence-corrected chi connectivity index (χ2v) is 4.65. The number of nitrogens with one attached hydrogen (secondary N) is 1. The lowest BCUT2D eigenvalue weighted by molar-refractivity contribution is -0.120. The third-order valence-electron chi connectivity index (χ3n) is 2.85. The number of carbonyl (C=O) groups excluding carboxylic acids is 3. The van der Waals surface area contributed by atoms with Crippen molar-refractivity contribution in [1.29, 1.82) is 0 Å². The Morgan fingerprint density at radius 2 is 1.80 bits per heavy atom. The van der Waals surface area contributed by atoms with Crippen LogP contribution in [0.1, 0.15) is 37.6 Å². The van der Waals surface area contributed by atoms with Gasteiger partial charge in [-0.25, -0.2) is 4.79 Å². The van der Waals surface area contributed by atoms with Crippen molar-refractivity contribution < 1.29 is 19.1 Å². The number of ketones is 1. The number of benzene rings is 1. The molecule has 108 valence electrons. The van der Waals surface area contributed by atoms with Gasteiger partial charge in [0.1, 0.15) is 6.61 Å². The molecule has 1 aromatic rings. The zero-order valence-electron chi connectivity index (χ0n) is 11.9. The predicted octanol–water partition coefficient (Wildman–Crippen LogP) is 2.42. The van der Waals surface area contributed by atoms with E-state index >= 15 is 0 Å². The lowest BCUT2D eigenvalue weighted by Gasteiger charge is -2.10. The number of Topliss-reactive ketones (excluding diaryl/α,β-unsaturated/α-hetero) is 1. The first kappa shape index (κ1) is 15.9. The fourth-order valence-electron chi connectivity index (χ4n) is 1.39. The van der Waals surface area contributed by atoms with E-state index in [1.54, 1.807) is 24.3 Å². The summed E-state index contributed by atoms with van der Waals surface area (Å²) in [7, 11) is 0. The lowest BCUT2D eigenvalue weighted by Crippen LogP contribution is -2.19. The molecule has 5 heteroatoms. The van der Waals surface area contributed by atoms with Crippen LogP contribution in [0, 0.1) is 5.92 Å². The molecule has 0 unspecified atom stereocenters. The topological polar surface area (TPSA) is 72.5 Å². The summed E-state index contributed by atoms with van der Waals surface area (Å²) in [6.45, 7) is 4.91. The van der Waals surface area contributed by atoms with Crippen molar-refractivity contribution in [2.24, 2.45) is 5.92 Å². The van der Waals surface area contributed by atoms with Gasteiger partial charge in [0.15, 0.2) is 5.78 Å². The Bertz CT molecular complexity index is 493. The number of rotatable bonds is 6. The Morgan fingerprint density at radius 3 is 2.30 bits per heavy atom. The molecule has 1 rings (SSSR count). The Kier molecular flexibility index (Phi) is 5.90. The number of hydrogen-bond donors (Lipinski definition) is 1. The summed E-state index contributed by atoms with van der Waals surface area (Å²) >= 11 is 0. The number of anilines is 1. The minimum atomic E-state index is -0.556. The van der Waals surface area contributed by atoms with Gasteiger partial charge >= 0.3 is 5.97 Å². The van der Waals surface area contributed by atoms with E-state index in [4.69, 9.17) is 4.74 Å². The van der Waals surface area contributed by atoms with Crippen molar-refractivity contribution in [3.05, 3.63) is 29.8 Å². The van der Waals surface area contributed by atoms with Crippen LogP contribution in [-0.4, -0.2) is 24.3 Å². The molecular formula is C15H19NO4. The summed E-state index contributed by atoms with van der Waals surface area (Å²) < 4.78 is 4.79. The van der Waals surface area contributed by atoms with Crippen molar-refractivity contribution >= 4 is 23.3 Å². The van der Waals surface area contributed by atoms with Gasteiger partial charge in [0.25, 0.3) is 0 Å². The molecule has 0 saturated heterocycles. The second-order valence-electron chi connectivity index (χ2n) is 4.65. The van der Waals surface area contributed by atoms with Gasteiger partial charge in [-0.15, -0.1) is 0 Å². The van der Waals surface area contributed by atoms with E-state index in [-0.39, 0.29) is 24.2 Å². The van der Waals surface area contributed by atoms with Gasteiger partial charge in [-0.1, -0.05) is 13.8 Å². The van der Waals surface area contributed by atoms with Crippen molar-refractivity contribution in [3.8, 4) is 0 Å². The van der Waals surface area contributed by atoms with Crippen LogP contribution in [0.5, 0.6) is 0 Å². The Hall–Kier alpha value is -2.17. The molecule has 0 aliphatic heterocycles. The molecule has 0 spiro atoms. The van der Waals surface area contributed by atoms with Crippen LogP contribution in [0.4, 0.5) is 5.69 Å². The predicted molar refractivity (Wildman–Crippen MR) is 75.5 cm³/mol. The summed E-state index contributed by atoms with van der Waals surface area (Å²) in [4.78, 5) is 34.0. The van der Waals surface area contributed by atoms with Crippen molar-refractivity contribution in [2.75, 3.05) is 11.9 Å². The summed E-state index contributed by atoms with van der Waals surface area (Å²) in [5.74, 6) is -0.884. The fraction of sp³-hybridized carbons (Fsp3) is 0.400. The van der Waals surface area contributed by atoms with Gasteiger partial charge in [-0.3, -0.25) is 9.59 Å². The Labute approximate surface area is 118 Å². The molecule has 0 saturated carbocycles. The number of carbonyl (C=O) groups is 3. The minimum absolute atomic E-state index is 0.0561. The van der Waals surface area contributed by atoms with E-state index in [1.807, 2.05) is 13.8 Å². The molecule has 0 radical (unpaired) electrons. The van der Waals surface area contributed by atoms with Gasteiger partial charge < -0.3 is 10.1 Å². The summed E-state index contributed by atoms with van der Waals surface area (Å²) in [6.07, 6.45) is 0.765. The van der Waals surface area contributed by atoms with E-state index < -0.39 is 5.97 Å². The molecular weight excluding hydrogens is 258 g/mol. The van der Waals surface area contributed by atoms with Crippen molar-refractivity contribution in [1.82, 2.24) is 0 Å². The van der Waals surface area contributed by atoms with Gasteiger partial charge in [0.05, 0.1) is 5.56 Å². The minimum Gasteiger partial charge on any atom is -0.454 e. The van der Waals surface area contributed by atoms with E-state index in [1.165, 1.54) is 6.92 Å². The largest absolute Gasteiger partial charge is 0.454 e. The van der Waals surface area contributed by atoms with Gasteiger partial charge in [-0.2, -0.15) is 0 Å². The van der Waals surface area contributed by atoms with Crippen LogP contribution < -0.4 is 5.32 Å². The van der Waals surface area contributed by atoms with Crippen LogP contribution in [0.3, 0.4) is 0 Å². The zero-order valence-corrected chi connectivity index (χ0v) is 11.9. The fourth-order valence-corrected chi connectivity index (χ4v) is 1.39. The maximum Gasteiger partial charge on any atom is 0.338 e. The highest BCUT2D eigenvalue weighted by molar-refractivity contribution is 5.94. The number of esters is 1. The number of hydrogen-bond acceptors (Lipinski definition) is 4. The average molecular weight is 277 g/mol. The van der Waals surface area contributed by atoms with Gasteiger partial charge in [0.2, 0.25) is 5.91 Å². The molecule has 0 fully saturated rings. The molecule has 5 nitrogen and oxygen atoms in total. The highest BCUT2D eigenvalue weighted by atomic mass is 16.5. The number of ether oxygens (including phenoxy) is 1. The maximum absolute atomic E-state index is 11.7. The van der Waals surface area contributed by atoms with Crippen LogP contribution in [0.25, 0.3) is 0 Å². The summed E-state index contributed by atoms with van der Waals surface area (Å²) in [5, 5.41) is 2.76. The molecule has 1 atom stereocenters. The normalized spacial score (nSPS) is 11.6. The highest BCUT2D eigenvalue weighted by Gasteiger charge is 2.12. The maximum atomic E-state index is 11.7. The van der Waals surface area contributed by atoms with E-state index in [2.05, 4.69) is 5.32 Å². The summed E-state index contributed by atoms with van der Waals surface area (Å²) in [6, 6.07) is 6.36. The third kappa shape index (κ3) is 4.84. The second kappa shape index (κ2) is 7.43. The van der Waals surface area contributed by atoms with E-state index in [0.29, 0.717) is 11.3 Å². The van der Waals surface area contributed by atoms with E-state index in [0.717, 1.165) is 6.42 Å². The quantitative estimate of drug-likeness (QED) is 0.810. The molecule has 1 amide bonds. The number of amides is 1. The molecule has 0 aliphatic carbocycles. The summed E-state index contributed by atoms with van der Waals surface area (Å²) in [5.41, 5.74) is 0.964. The van der Waals surface area contributed by atoms with Crippen LogP contribution in [-0.2, 0) is 14.3 Å². The standard InChI is InChI=1S/C15H19NO4/c1-4-10(2)14(18)16-13-7-5-12(6-8-13)15(19)20-9-11(3)17/h5-8,10H,4,9H2,1-3H3,(H,16,18)/t10-/m0/s1. The van der Waals surface area contributed by atoms with Crippen molar-refractivity contribution in [2.45, 2.75) is 27.2 Å². The average Bonchev–Trinajstić information content (AvgIpc) is 2.44. The Morgan fingerprint density at radius 1 is 1.20 bits per heavy atom. The lowest BCUT2D eigenvalue weighted by atomic mass is 10.1. The smallest absolute Gasteiger partial charge is 0.338 e. The molecule has 0 bridgehead atoms. The molecule has 20 heavy (non-hydrogen) atoms. The molecule has 0 aromatic heterocycles. The third-order valence-corrected chi connectivity index (χ3v) is 2.85. The SMILES string of the molecule is CC[C@H](C)C(=O)Nc1ccc(C(=O)OCC(C)=O)cc1. The van der Waals surface area contributed by atoms with Crippen molar-refractivity contribution in [3.63, 3.8) is 0 Å². The van der Waals surface area contributed by atoms with Crippen LogP contribution >= 0.6 is 0 Å². The van der Waals surface area contributed by atoms with Crippen LogP contribution in [0.2, 0.25) is 0 Å². The van der Waals surface area contributed by atoms with E-state index in [9.17, 15) is 14.4 Å². The van der Waals surface area contributed by atoms with Crippen LogP contribution in [0.15, 0.2) is 24.3 Å². The monoisotopic (exact) mass is 277 g/mol. The highest BCUT2D eigenvalue weighted by Crippen LogP contribution is 2.12. The zero-order chi connectivity index (χ0) is 15.1. The van der Waals surface area contributed by atoms with Gasteiger partial charge in [-0.05, 0) is 37.6 Å². The molecule has 0 aliphatic rings. The first-order valence-electron chi connectivity index (χ1n) is 6.51. The molecule has 1 aromatic carbocycles. The first-order chi connectivity index (χ1) is 9.43. The molecule has 1 N–H and O–H groups in total. The first-order valence-corrected chi connectivity index (χ1v) is 6.51. The van der Waals surface area contributed by atoms with Gasteiger partial charge in [0, 0.05) is 11.6 Å². The molecule has 0 heterocycles. The Balaban J connectivity index is 2.62.